The van der Waals surface area contributed by atoms with Gasteiger partial charge in [0.2, 0.25) is 0 Å². The number of nitrogens with one attached hydrogen (secondary N) is 2. The highest BCUT2D eigenvalue weighted by molar-refractivity contribution is 6.39. The predicted octanol–water partition coefficient (Wildman–Crippen LogP) is 4.39. The fourth-order valence-electron chi connectivity index (χ4n) is 2.32. The SMILES string of the molecule is O=C(NCc1ccc(Cl)cc1)C(=O)Nc1ccccc1Oc1ccccc1. The molecule has 0 atom stereocenters. The van der Waals surface area contributed by atoms with Crippen LogP contribution in [-0.2, 0) is 16.1 Å². The molecule has 0 radical (unpaired) electrons. The normalized spacial score (nSPS) is 10.1. The third-order valence-electron chi connectivity index (χ3n) is 3.68. The Balaban J connectivity index is 1.61. The molecule has 2 amide bonds. The van der Waals surface area contributed by atoms with Crippen LogP contribution in [0.4, 0.5) is 5.69 Å². The Labute approximate surface area is 161 Å². The van der Waals surface area contributed by atoms with Crippen molar-refractivity contribution in [3.63, 3.8) is 0 Å². The van der Waals surface area contributed by atoms with Crippen molar-refractivity contribution >= 4 is 29.1 Å². The molecule has 0 bridgehead atoms. The van der Waals surface area contributed by atoms with E-state index in [2.05, 4.69) is 10.6 Å². The molecule has 0 spiro atoms. The lowest BCUT2D eigenvalue weighted by molar-refractivity contribution is -0.136. The zero-order chi connectivity index (χ0) is 19.1. The molecule has 0 saturated heterocycles. The Morgan fingerprint density at radius 1 is 0.815 bits per heavy atom. The molecule has 0 saturated carbocycles. The molecule has 0 aliphatic heterocycles. The molecule has 0 heterocycles. The van der Waals surface area contributed by atoms with Crippen LogP contribution < -0.4 is 15.4 Å². The highest BCUT2D eigenvalue weighted by Crippen LogP contribution is 2.28. The van der Waals surface area contributed by atoms with Gasteiger partial charge in [-0.3, -0.25) is 9.59 Å². The molecule has 2 N–H and O–H groups in total. The van der Waals surface area contributed by atoms with Gasteiger partial charge in [0, 0.05) is 11.6 Å². The van der Waals surface area contributed by atoms with Crippen molar-refractivity contribution in [3.8, 4) is 11.5 Å². The zero-order valence-electron chi connectivity index (χ0n) is 14.3. The quantitative estimate of drug-likeness (QED) is 0.645. The van der Waals surface area contributed by atoms with Gasteiger partial charge >= 0.3 is 11.8 Å². The first-order chi connectivity index (χ1) is 13.1. The zero-order valence-corrected chi connectivity index (χ0v) is 15.1. The number of carbonyl (C=O) groups excluding carboxylic acids is 2. The molecule has 27 heavy (non-hydrogen) atoms. The van der Waals surface area contributed by atoms with Gasteiger partial charge in [0.05, 0.1) is 5.69 Å². The first kappa shape index (κ1) is 18.5. The molecule has 6 heteroatoms. The summed E-state index contributed by atoms with van der Waals surface area (Å²) in [5, 5.41) is 5.76. The van der Waals surface area contributed by atoms with Gasteiger partial charge in [-0.05, 0) is 42.0 Å². The van der Waals surface area contributed by atoms with Crippen molar-refractivity contribution in [2.45, 2.75) is 6.54 Å². The molecule has 5 nitrogen and oxygen atoms in total. The summed E-state index contributed by atoms with van der Waals surface area (Å²) in [6, 6.07) is 23.1. The van der Waals surface area contributed by atoms with Crippen LogP contribution >= 0.6 is 11.6 Å². The third-order valence-corrected chi connectivity index (χ3v) is 3.93. The molecule has 3 rings (SSSR count). The second-order valence-electron chi connectivity index (χ2n) is 5.67. The minimum atomic E-state index is -0.770. The van der Waals surface area contributed by atoms with Crippen molar-refractivity contribution < 1.29 is 14.3 Å². The molecule has 0 fully saturated rings. The Kier molecular flexibility index (Phi) is 6.07. The van der Waals surface area contributed by atoms with Crippen LogP contribution in [0.1, 0.15) is 5.56 Å². The van der Waals surface area contributed by atoms with E-state index < -0.39 is 11.8 Å². The van der Waals surface area contributed by atoms with Crippen molar-refractivity contribution in [1.82, 2.24) is 5.32 Å². The van der Waals surface area contributed by atoms with Gasteiger partial charge in [0.15, 0.2) is 5.75 Å². The van der Waals surface area contributed by atoms with E-state index >= 15 is 0 Å². The van der Waals surface area contributed by atoms with Crippen molar-refractivity contribution in [3.05, 3.63) is 89.4 Å². The fraction of sp³-hybridized carbons (Fsp3) is 0.0476. The average Bonchev–Trinajstić information content (AvgIpc) is 2.69. The number of carbonyl (C=O) groups is 2. The van der Waals surface area contributed by atoms with Crippen LogP contribution in [0, 0.1) is 0 Å². The molecular formula is C21H17ClN2O3. The minimum Gasteiger partial charge on any atom is -0.455 e. The van der Waals surface area contributed by atoms with Gasteiger partial charge in [-0.1, -0.05) is 54.1 Å². The van der Waals surface area contributed by atoms with E-state index in [0.29, 0.717) is 22.2 Å². The second kappa shape index (κ2) is 8.87. The van der Waals surface area contributed by atoms with E-state index in [4.69, 9.17) is 16.3 Å². The fourth-order valence-corrected chi connectivity index (χ4v) is 2.44. The Morgan fingerprint density at radius 2 is 1.48 bits per heavy atom. The van der Waals surface area contributed by atoms with E-state index in [9.17, 15) is 9.59 Å². The summed E-state index contributed by atoms with van der Waals surface area (Å²) in [6.45, 7) is 0.228. The summed E-state index contributed by atoms with van der Waals surface area (Å²) in [5.41, 5.74) is 1.25. The van der Waals surface area contributed by atoms with Gasteiger partial charge < -0.3 is 15.4 Å². The van der Waals surface area contributed by atoms with Crippen LogP contribution in [0.2, 0.25) is 5.02 Å². The summed E-state index contributed by atoms with van der Waals surface area (Å²) in [6.07, 6.45) is 0. The summed E-state index contributed by atoms with van der Waals surface area (Å²) in [4.78, 5) is 24.3. The molecule has 0 aliphatic carbocycles. The lowest BCUT2D eigenvalue weighted by atomic mass is 10.2. The van der Waals surface area contributed by atoms with E-state index in [1.54, 1.807) is 60.7 Å². The number of para-hydroxylation sites is 3. The lowest BCUT2D eigenvalue weighted by Gasteiger charge is -2.12. The van der Waals surface area contributed by atoms with E-state index in [-0.39, 0.29) is 6.54 Å². The molecule has 3 aromatic rings. The van der Waals surface area contributed by atoms with Crippen LogP contribution in [-0.4, -0.2) is 11.8 Å². The van der Waals surface area contributed by atoms with E-state index in [0.717, 1.165) is 5.56 Å². The topological polar surface area (TPSA) is 67.4 Å². The Morgan fingerprint density at radius 3 is 2.22 bits per heavy atom. The van der Waals surface area contributed by atoms with E-state index in [1.807, 2.05) is 18.2 Å². The number of anilines is 1. The average molecular weight is 381 g/mol. The maximum Gasteiger partial charge on any atom is 0.313 e. The lowest BCUT2D eigenvalue weighted by Crippen LogP contribution is -2.35. The second-order valence-corrected chi connectivity index (χ2v) is 6.11. The number of amides is 2. The number of ether oxygens (including phenoxy) is 1. The molecule has 0 unspecified atom stereocenters. The van der Waals surface area contributed by atoms with Gasteiger partial charge in [-0.15, -0.1) is 0 Å². The maximum atomic E-state index is 12.2. The largest absolute Gasteiger partial charge is 0.455 e. The number of halogens is 1. The summed E-state index contributed by atoms with van der Waals surface area (Å²) in [7, 11) is 0. The van der Waals surface area contributed by atoms with Crippen LogP contribution in [0.15, 0.2) is 78.9 Å². The number of hydrogen-bond donors (Lipinski definition) is 2. The highest BCUT2D eigenvalue weighted by Gasteiger charge is 2.15. The molecule has 3 aromatic carbocycles. The molecule has 0 aromatic heterocycles. The van der Waals surface area contributed by atoms with Crippen LogP contribution in [0.5, 0.6) is 11.5 Å². The van der Waals surface area contributed by atoms with Gasteiger partial charge in [-0.2, -0.15) is 0 Å². The van der Waals surface area contributed by atoms with E-state index in [1.165, 1.54) is 0 Å². The number of rotatable bonds is 5. The van der Waals surface area contributed by atoms with Crippen molar-refractivity contribution in [2.75, 3.05) is 5.32 Å². The summed E-state index contributed by atoms with van der Waals surface area (Å²) in [5.74, 6) is -0.429. The first-order valence-electron chi connectivity index (χ1n) is 8.27. The molecule has 136 valence electrons. The smallest absolute Gasteiger partial charge is 0.313 e. The van der Waals surface area contributed by atoms with Crippen LogP contribution in [0.3, 0.4) is 0 Å². The van der Waals surface area contributed by atoms with Gasteiger partial charge in [0.1, 0.15) is 5.75 Å². The maximum absolute atomic E-state index is 12.2. The van der Waals surface area contributed by atoms with Gasteiger partial charge in [0.25, 0.3) is 0 Å². The number of benzene rings is 3. The molecular weight excluding hydrogens is 364 g/mol. The van der Waals surface area contributed by atoms with Gasteiger partial charge in [-0.25, -0.2) is 0 Å². The highest BCUT2D eigenvalue weighted by atomic mass is 35.5. The predicted molar refractivity (Wildman–Crippen MR) is 105 cm³/mol. The molecule has 0 aliphatic rings. The third kappa shape index (κ3) is 5.33. The monoisotopic (exact) mass is 380 g/mol. The minimum absolute atomic E-state index is 0.228. The van der Waals surface area contributed by atoms with Crippen molar-refractivity contribution in [1.29, 1.82) is 0 Å². The Hall–Kier alpha value is -3.31. The standard InChI is InChI=1S/C21H17ClN2O3/c22-16-12-10-15(11-13-16)14-23-20(25)21(26)24-18-8-4-5-9-19(18)27-17-6-2-1-3-7-17/h1-13H,14H2,(H,23,25)(H,24,26). The summed E-state index contributed by atoms with van der Waals surface area (Å²) < 4.78 is 5.77. The summed E-state index contributed by atoms with van der Waals surface area (Å²) >= 11 is 5.82. The van der Waals surface area contributed by atoms with Crippen molar-refractivity contribution in [2.24, 2.45) is 0 Å². The first-order valence-corrected chi connectivity index (χ1v) is 8.65. The van der Waals surface area contributed by atoms with Crippen LogP contribution in [0.25, 0.3) is 0 Å². The Bertz CT molecular complexity index is 928. The number of hydrogen-bond acceptors (Lipinski definition) is 3.